The molecule has 1 N–H and O–H groups in total. The van der Waals surface area contributed by atoms with Crippen LogP contribution < -0.4 is 15.0 Å². The van der Waals surface area contributed by atoms with Crippen LogP contribution in [0, 0.1) is 5.92 Å². The first-order valence-corrected chi connectivity index (χ1v) is 11.4. The summed E-state index contributed by atoms with van der Waals surface area (Å²) in [6.07, 6.45) is 10.8. The molecule has 2 heterocycles. The molecule has 0 bridgehead atoms. The predicted octanol–water partition coefficient (Wildman–Crippen LogP) is 4.86. The Hall–Kier alpha value is -1.68. The van der Waals surface area contributed by atoms with E-state index < -0.39 is 0 Å². The summed E-state index contributed by atoms with van der Waals surface area (Å²) in [4.78, 5) is 4.96. The van der Waals surface area contributed by atoms with Gasteiger partial charge in [0, 0.05) is 56.0 Å². The van der Waals surface area contributed by atoms with Gasteiger partial charge in [-0.25, -0.2) is 0 Å². The maximum atomic E-state index is 6.59. The number of rotatable bonds is 7. The van der Waals surface area contributed by atoms with Gasteiger partial charge in [-0.1, -0.05) is 32.8 Å². The number of piperidine rings is 1. The fraction of sp³-hybridized carbons (Fsp3) is 0.667. The molecular weight excluding hydrogens is 346 g/mol. The van der Waals surface area contributed by atoms with Crippen molar-refractivity contribution < 1.29 is 4.74 Å². The zero-order valence-corrected chi connectivity index (χ0v) is 18.0. The number of fused-ring (bicyclic) bond motifs is 1. The van der Waals surface area contributed by atoms with Crippen LogP contribution >= 0.6 is 0 Å². The van der Waals surface area contributed by atoms with Gasteiger partial charge < -0.3 is 19.9 Å². The number of likely N-dealkylation sites (tertiary alicyclic amines) is 1. The molecule has 0 unspecified atom stereocenters. The number of hydrogen-bond acceptors (Lipinski definition) is 4. The first kappa shape index (κ1) is 19.6. The molecule has 0 aromatic heterocycles. The lowest BCUT2D eigenvalue weighted by Crippen LogP contribution is -2.57. The maximum absolute atomic E-state index is 6.59. The van der Waals surface area contributed by atoms with E-state index in [1.54, 1.807) is 0 Å². The van der Waals surface area contributed by atoms with Gasteiger partial charge in [0.1, 0.15) is 5.75 Å². The quantitative estimate of drug-likeness (QED) is 0.728. The van der Waals surface area contributed by atoms with Crippen LogP contribution in [-0.4, -0.2) is 43.9 Å². The molecule has 28 heavy (non-hydrogen) atoms. The Labute approximate surface area is 170 Å². The average Bonchev–Trinajstić information content (AvgIpc) is 3.52. The van der Waals surface area contributed by atoms with Gasteiger partial charge >= 0.3 is 0 Å². The van der Waals surface area contributed by atoms with Crippen LogP contribution in [-0.2, 0) is 0 Å². The Kier molecular flexibility index (Phi) is 5.86. The van der Waals surface area contributed by atoms with Crippen LogP contribution in [0.3, 0.4) is 0 Å². The van der Waals surface area contributed by atoms with Crippen molar-refractivity contribution in [2.45, 2.75) is 64.5 Å². The first-order chi connectivity index (χ1) is 13.6. The van der Waals surface area contributed by atoms with Crippen molar-refractivity contribution in [3.05, 3.63) is 29.8 Å². The Balaban J connectivity index is 1.59. The van der Waals surface area contributed by atoms with Crippen LogP contribution in [0.2, 0.25) is 0 Å². The van der Waals surface area contributed by atoms with Gasteiger partial charge in [0.15, 0.2) is 5.72 Å². The Morgan fingerprint density at radius 3 is 2.68 bits per heavy atom. The van der Waals surface area contributed by atoms with Crippen LogP contribution in [0.1, 0.15) is 64.4 Å². The van der Waals surface area contributed by atoms with Gasteiger partial charge in [0.05, 0.1) is 0 Å². The van der Waals surface area contributed by atoms with E-state index in [2.05, 4.69) is 60.3 Å². The van der Waals surface area contributed by atoms with E-state index >= 15 is 0 Å². The van der Waals surface area contributed by atoms with Gasteiger partial charge in [0.25, 0.3) is 0 Å². The molecule has 154 valence electrons. The van der Waals surface area contributed by atoms with E-state index in [1.807, 2.05) is 0 Å². The summed E-state index contributed by atoms with van der Waals surface area (Å²) in [6.45, 7) is 8.95. The second kappa shape index (κ2) is 8.36. The van der Waals surface area contributed by atoms with Gasteiger partial charge in [-0.3, -0.25) is 0 Å². The van der Waals surface area contributed by atoms with Crippen molar-refractivity contribution in [2.75, 3.05) is 38.1 Å². The lowest BCUT2D eigenvalue weighted by Gasteiger charge is -2.45. The molecule has 4 nitrogen and oxygen atoms in total. The van der Waals surface area contributed by atoms with Gasteiger partial charge in [-0.05, 0) is 50.4 Å². The molecule has 1 saturated heterocycles. The van der Waals surface area contributed by atoms with E-state index in [-0.39, 0.29) is 5.72 Å². The van der Waals surface area contributed by atoms with Crippen LogP contribution in [0.15, 0.2) is 24.3 Å². The van der Waals surface area contributed by atoms with Crippen molar-refractivity contribution in [1.82, 2.24) is 10.2 Å². The summed E-state index contributed by atoms with van der Waals surface area (Å²) in [5.74, 6) is 2.02. The minimum absolute atomic E-state index is 0.239. The zero-order chi connectivity index (χ0) is 19.6. The highest BCUT2D eigenvalue weighted by atomic mass is 16.5. The Bertz CT molecular complexity index is 702. The number of nitrogens with zero attached hydrogens (tertiary/aromatic N) is 2. The average molecular weight is 384 g/mol. The predicted molar refractivity (Wildman–Crippen MR) is 118 cm³/mol. The molecular formula is C24H37N3O. The summed E-state index contributed by atoms with van der Waals surface area (Å²) in [6, 6.07) is 6.85. The SMILES string of the molecule is CC/C=C1/NC2(CCN(C)CC2)Oc2ccc(N(CCC)CCC3CC3)cc21. The highest BCUT2D eigenvalue weighted by Gasteiger charge is 2.40. The van der Waals surface area contributed by atoms with Gasteiger partial charge in [-0.15, -0.1) is 0 Å². The molecule has 0 amide bonds. The summed E-state index contributed by atoms with van der Waals surface area (Å²) in [5.41, 5.74) is 3.59. The number of nitrogens with one attached hydrogen (secondary N) is 1. The third kappa shape index (κ3) is 4.32. The Morgan fingerprint density at radius 2 is 2.00 bits per heavy atom. The molecule has 1 aromatic rings. The minimum atomic E-state index is -0.239. The molecule has 0 atom stereocenters. The first-order valence-electron chi connectivity index (χ1n) is 11.4. The van der Waals surface area contributed by atoms with Crippen molar-refractivity contribution in [3.63, 3.8) is 0 Å². The summed E-state index contributed by atoms with van der Waals surface area (Å²) < 4.78 is 6.59. The van der Waals surface area contributed by atoms with E-state index in [0.29, 0.717) is 0 Å². The lowest BCUT2D eigenvalue weighted by atomic mass is 9.95. The fourth-order valence-electron chi connectivity index (χ4n) is 4.52. The number of anilines is 1. The second-order valence-electron chi connectivity index (χ2n) is 8.95. The third-order valence-electron chi connectivity index (χ3n) is 6.49. The number of ether oxygens (including phenoxy) is 1. The molecule has 4 heteroatoms. The Morgan fingerprint density at radius 1 is 1.21 bits per heavy atom. The molecule has 1 saturated carbocycles. The smallest absolute Gasteiger partial charge is 0.183 e. The molecule has 1 aliphatic carbocycles. The monoisotopic (exact) mass is 383 g/mol. The highest BCUT2D eigenvalue weighted by Crippen LogP contribution is 2.40. The highest BCUT2D eigenvalue weighted by molar-refractivity contribution is 5.75. The topological polar surface area (TPSA) is 27.7 Å². The standard InChI is InChI=1S/C24H37N3O/c1-4-6-22-21-18-20(27(14-5-2)15-11-19-7-8-19)9-10-23(21)28-24(25-22)12-16-26(3)17-13-24/h6,9-10,18-19,25H,4-5,7-8,11-17H2,1-3H3/b22-6+. The summed E-state index contributed by atoms with van der Waals surface area (Å²) >= 11 is 0. The third-order valence-corrected chi connectivity index (χ3v) is 6.49. The number of allylic oxidation sites excluding steroid dienone is 1. The van der Waals surface area contributed by atoms with Gasteiger partial charge in [-0.2, -0.15) is 0 Å². The van der Waals surface area contributed by atoms with Gasteiger partial charge in [0.2, 0.25) is 0 Å². The number of hydrogen-bond donors (Lipinski definition) is 1. The van der Waals surface area contributed by atoms with E-state index in [4.69, 9.17) is 4.74 Å². The second-order valence-corrected chi connectivity index (χ2v) is 8.95. The fourth-order valence-corrected chi connectivity index (χ4v) is 4.52. The lowest BCUT2D eigenvalue weighted by molar-refractivity contribution is -0.0131. The zero-order valence-electron chi connectivity index (χ0n) is 18.0. The van der Waals surface area contributed by atoms with E-state index in [0.717, 1.165) is 50.6 Å². The normalized spacial score (nSPS) is 22.6. The van der Waals surface area contributed by atoms with Crippen LogP contribution in [0.4, 0.5) is 5.69 Å². The van der Waals surface area contributed by atoms with Crippen molar-refractivity contribution in [1.29, 1.82) is 0 Å². The van der Waals surface area contributed by atoms with Crippen LogP contribution in [0.25, 0.3) is 5.70 Å². The van der Waals surface area contributed by atoms with Crippen LogP contribution in [0.5, 0.6) is 5.75 Å². The summed E-state index contributed by atoms with van der Waals surface area (Å²) in [5, 5.41) is 3.80. The largest absolute Gasteiger partial charge is 0.467 e. The molecule has 1 spiro atoms. The van der Waals surface area contributed by atoms with E-state index in [1.165, 1.54) is 49.2 Å². The molecule has 4 rings (SSSR count). The number of benzene rings is 1. The van der Waals surface area contributed by atoms with Crippen molar-refractivity contribution >= 4 is 11.4 Å². The summed E-state index contributed by atoms with van der Waals surface area (Å²) in [7, 11) is 2.20. The molecule has 2 aliphatic heterocycles. The molecule has 1 aromatic carbocycles. The molecule has 2 fully saturated rings. The maximum Gasteiger partial charge on any atom is 0.183 e. The molecule has 0 radical (unpaired) electrons. The van der Waals surface area contributed by atoms with E-state index in [9.17, 15) is 0 Å². The van der Waals surface area contributed by atoms with Crippen molar-refractivity contribution in [3.8, 4) is 5.75 Å². The van der Waals surface area contributed by atoms with Crippen molar-refractivity contribution in [2.24, 2.45) is 5.92 Å². The minimum Gasteiger partial charge on any atom is -0.467 e. The molecule has 3 aliphatic rings.